The van der Waals surface area contributed by atoms with Crippen LogP contribution in [0.25, 0.3) is 11.0 Å². The Morgan fingerprint density at radius 3 is 2.74 bits per heavy atom. The predicted molar refractivity (Wildman–Crippen MR) is 141 cm³/mol. The molecule has 8 nitrogen and oxygen atoms in total. The number of nitrogens with one attached hydrogen (secondary N) is 1. The molecule has 2 aromatic carbocycles. The van der Waals surface area contributed by atoms with Crippen molar-refractivity contribution in [3.63, 3.8) is 0 Å². The fraction of sp³-hybridized carbons (Fsp3) is 0.345. The Bertz CT molecular complexity index is 1470. The van der Waals surface area contributed by atoms with Crippen LogP contribution in [0.1, 0.15) is 30.0 Å². The molecule has 0 bridgehead atoms. The fourth-order valence-electron chi connectivity index (χ4n) is 5.06. The molecule has 0 spiro atoms. The Hall–Kier alpha value is -3.82. The summed E-state index contributed by atoms with van der Waals surface area (Å²) < 4.78 is 33.3. The number of benzene rings is 2. The van der Waals surface area contributed by atoms with Gasteiger partial charge in [-0.3, -0.25) is 9.78 Å². The maximum Gasteiger partial charge on any atom is 0.208 e. The third-order valence-electron chi connectivity index (χ3n) is 7.24. The van der Waals surface area contributed by atoms with Gasteiger partial charge in [-0.05, 0) is 54.8 Å². The summed E-state index contributed by atoms with van der Waals surface area (Å²) in [5, 5.41) is 3.33. The second-order valence-electron chi connectivity index (χ2n) is 9.86. The van der Waals surface area contributed by atoms with Crippen LogP contribution in [0.3, 0.4) is 0 Å². The van der Waals surface area contributed by atoms with Crippen molar-refractivity contribution in [3.8, 4) is 11.5 Å². The number of carbonyl (C=O) groups is 1. The van der Waals surface area contributed by atoms with E-state index in [0.29, 0.717) is 55.1 Å². The number of carbonyl (C=O) groups excluding carboxylic acids is 1. The number of hydrogen-bond acceptors (Lipinski definition) is 7. The normalized spacial score (nSPS) is 19.2. The van der Waals surface area contributed by atoms with E-state index in [2.05, 4.69) is 10.3 Å². The molecule has 196 valence electrons. The van der Waals surface area contributed by atoms with Crippen LogP contribution >= 0.6 is 0 Å². The number of ketones is 1. The third-order valence-corrected chi connectivity index (χ3v) is 7.24. The lowest BCUT2D eigenvalue weighted by molar-refractivity contribution is -0.122. The average Bonchev–Trinajstić information content (AvgIpc) is 3.68. The van der Waals surface area contributed by atoms with Crippen LogP contribution in [0.2, 0.25) is 0 Å². The summed E-state index contributed by atoms with van der Waals surface area (Å²) in [4.78, 5) is 21.6. The van der Waals surface area contributed by atoms with Crippen LogP contribution in [-0.2, 0) is 27.7 Å². The van der Waals surface area contributed by atoms with Crippen molar-refractivity contribution >= 4 is 28.5 Å². The van der Waals surface area contributed by atoms with Gasteiger partial charge in [0.15, 0.2) is 0 Å². The van der Waals surface area contributed by atoms with Crippen LogP contribution in [-0.4, -0.2) is 46.7 Å². The Morgan fingerprint density at radius 2 is 1.92 bits per heavy atom. The molecule has 0 aliphatic carbocycles. The molecule has 2 aliphatic rings. The first-order chi connectivity index (χ1) is 18.5. The zero-order valence-corrected chi connectivity index (χ0v) is 21.2. The van der Waals surface area contributed by atoms with Crippen molar-refractivity contribution in [3.05, 3.63) is 71.8 Å². The molecule has 2 aromatic heterocycles. The highest BCUT2D eigenvalue weighted by molar-refractivity contribution is 5.83. The van der Waals surface area contributed by atoms with Gasteiger partial charge < -0.3 is 24.1 Å². The Morgan fingerprint density at radius 1 is 1.08 bits per heavy atom. The van der Waals surface area contributed by atoms with Gasteiger partial charge in [0, 0.05) is 62.5 Å². The van der Waals surface area contributed by atoms with Crippen molar-refractivity contribution in [2.45, 2.75) is 25.2 Å². The molecule has 6 rings (SSSR count). The summed E-state index contributed by atoms with van der Waals surface area (Å²) in [6.45, 7) is 2.33. The molecule has 0 saturated carbocycles. The van der Waals surface area contributed by atoms with E-state index < -0.39 is 0 Å². The van der Waals surface area contributed by atoms with Gasteiger partial charge in [0.1, 0.15) is 23.1 Å². The van der Waals surface area contributed by atoms with E-state index in [1.807, 2.05) is 35.9 Å². The number of anilines is 2. The third kappa shape index (κ3) is 5.12. The van der Waals surface area contributed by atoms with Crippen LogP contribution in [0.15, 0.2) is 54.7 Å². The molecular formula is C29H29FN4O4. The molecule has 0 radical (unpaired) electrons. The van der Waals surface area contributed by atoms with E-state index in [1.165, 1.54) is 6.07 Å². The summed E-state index contributed by atoms with van der Waals surface area (Å²) in [5.41, 5.74) is 3.78. The summed E-state index contributed by atoms with van der Waals surface area (Å²) in [5.74, 6) is 1.82. The smallest absolute Gasteiger partial charge is 0.208 e. The highest BCUT2D eigenvalue weighted by Gasteiger charge is 2.24. The van der Waals surface area contributed by atoms with Crippen LogP contribution in [0.4, 0.5) is 16.0 Å². The molecule has 4 heterocycles. The molecule has 2 fully saturated rings. The van der Waals surface area contributed by atoms with Gasteiger partial charge in [-0.1, -0.05) is 0 Å². The molecule has 9 heteroatoms. The quantitative estimate of drug-likeness (QED) is 0.340. The molecule has 2 aliphatic heterocycles. The lowest BCUT2D eigenvalue weighted by Gasteiger charge is -2.13. The van der Waals surface area contributed by atoms with Crippen molar-refractivity contribution in [2.24, 2.45) is 13.0 Å². The van der Waals surface area contributed by atoms with E-state index in [-0.39, 0.29) is 29.9 Å². The Labute approximate surface area is 219 Å². The molecule has 4 aromatic rings. The minimum absolute atomic E-state index is 0.0473. The van der Waals surface area contributed by atoms with Gasteiger partial charge in [-0.25, -0.2) is 9.37 Å². The summed E-state index contributed by atoms with van der Waals surface area (Å²) in [6.07, 6.45) is 3.51. The lowest BCUT2D eigenvalue weighted by Crippen LogP contribution is -2.17. The van der Waals surface area contributed by atoms with Crippen LogP contribution < -0.4 is 10.1 Å². The standard InChI is InChI=1S/C29H29FN4O4/c1-34-27-5-3-22(38-23-6-9-31-21(12-23)14-28(35)19-8-11-37-17-19)15-26(27)33-29(34)32-20-2-4-25(30)24(13-20)18-7-10-36-16-18/h2-6,9,12-13,15,18-19H,7-8,10-11,14,16-17H2,1H3,(H,32,33). The van der Waals surface area contributed by atoms with E-state index in [4.69, 9.17) is 19.2 Å². The first-order valence-electron chi connectivity index (χ1n) is 12.9. The summed E-state index contributed by atoms with van der Waals surface area (Å²) >= 11 is 0. The highest BCUT2D eigenvalue weighted by atomic mass is 19.1. The van der Waals surface area contributed by atoms with Crippen LogP contribution in [0.5, 0.6) is 11.5 Å². The first-order valence-corrected chi connectivity index (χ1v) is 12.9. The van der Waals surface area contributed by atoms with E-state index in [1.54, 1.807) is 24.4 Å². The zero-order chi connectivity index (χ0) is 26.1. The van der Waals surface area contributed by atoms with Crippen molar-refractivity contribution in [2.75, 3.05) is 31.7 Å². The number of ether oxygens (including phenoxy) is 3. The average molecular weight is 517 g/mol. The summed E-state index contributed by atoms with van der Waals surface area (Å²) in [7, 11) is 1.93. The fourth-order valence-corrected chi connectivity index (χ4v) is 5.06. The van der Waals surface area contributed by atoms with Crippen molar-refractivity contribution in [1.82, 2.24) is 14.5 Å². The van der Waals surface area contributed by atoms with Crippen molar-refractivity contribution < 1.29 is 23.4 Å². The molecule has 2 atom stereocenters. The van der Waals surface area contributed by atoms with Crippen molar-refractivity contribution in [1.29, 1.82) is 0 Å². The number of hydrogen-bond donors (Lipinski definition) is 1. The topological polar surface area (TPSA) is 87.5 Å². The summed E-state index contributed by atoms with van der Waals surface area (Å²) in [6, 6.07) is 14.3. The number of aryl methyl sites for hydroxylation is 1. The molecule has 38 heavy (non-hydrogen) atoms. The predicted octanol–water partition coefficient (Wildman–Crippen LogP) is 5.30. The van der Waals surface area contributed by atoms with Gasteiger partial charge in [-0.15, -0.1) is 0 Å². The number of Topliss-reactive ketones (excluding diaryl/α,β-unsaturated/α-hetero) is 1. The minimum atomic E-state index is -0.214. The van der Waals surface area contributed by atoms with Gasteiger partial charge in [0.2, 0.25) is 5.95 Å². The number of imidazole rings is 1. The molecular weight excluding hydrogens is 487 g/mol. The first kappa shape index (κ1) is 24.5. The number of nitrogens with zero attached hydrogens (tertiary/aromatic N) is 3. The van der Waals surface area contributed by atoms with E-state index >= 15 is 0 Å². The van der Waals surface area contributed by atoms with Gasteiger partial charge in [0.25, 0.3) is 0 Å². The highest BCUT2D eigenvalue weighted by Crippen LogP contribution is 2.32. The number of pyridine rings is 1. The number of fused-ring (bicyclic) bond motifs is 1. The number of rotatable bonds is 8. The monoisotopic (exact) mass is 516 g/mol. The molecule has 1 N–H and O–H groups in total. The van der Waals surface area contributed by atoms with Gasteiger partial charge in [0.05, 0.1) is 29.9 Å². The Balaban J connectivity index is 1.18. The number of aromatic nitrogens is 3. The largest absolute Gasteiger partial charge is 0.457 e. The zero-order valence-electron chi connectivity index (χ0n) is 21.2. The van der Waals surface area contributed by atoms with E-state index in [0.717, 1.165) is 29.6 Å². The Kier molecular flexibility index (Phi) is 6.78. The second-order valence-corrected chi connectivity index (χ2v) is 9.86. The minimum Gasteiger partial charge on any atom is -0.457 e. The van der Waals surface area contributed by atoms with Gasteiger partial charge in [-0.2, -0.15) is 0 Å². The van der Waals surface area contributed by atoms with Crippen LogP contribution in [0, 0.1) is 11.7 Å². The second kappa shape index (κ2) is 10.5. The maximum atomic E-state index is 14.4. The van der Waals surface area contributed by atoms with Gasteiger partial charge >= 0.3 is 0 Å². The maximum absolute atomic E-state index is 14.4. The molecule has 2 saturated heterocycles. The van der Waals surface area contributed by atoms with E-state index in [9.17, 15) is 9.18 Å². The molecule has 2 unspecified atom stereocenters. The number of halogens is 1. The SMILES string of the molecule is Cn1c(Nc2ccc(F)c(C3CCOC3)c2)nc2cc(Oc3ccnc(CC(=O)C4CCOC4)c3)ccc21. The molecule has 0 amide bonds. The lowest BCUT2D eigenvalue weighted by atomic mass is 9.97.